The van der Waals surface area contributed by atoms with E-state index in [9.17, 15) is 13.9 Å². The van der Waals surface area contributed by atoms with E-state index in [4.69, 9.17) is 9.47 Å². The molecular weight excluding hydrogens is 266 g/mol. The molecule has 1 heterocycles. The predicted molar refractivity (Wildman–Crippen MR) is 70.5 cm³/mol. The van der Waals surface area contributed by atoms with Crippen LogP contribution in [0.15, 0.2) is 18.2 Å². The number of ether oxygens (including phenoxy) is 2. The molecule has 0 radical (unpaired) electrons. The maximum absolute atomic E-state index is 13.7. The Bertz CT molecular complexity index is 439. The van der Waals surface area contributed by atoms with Gasteiger partial charge in [0.25, 0.3) is 0 Å². The first-order chi connectivity index (χ1) is 9.59. The highest BCUT2D eigenvalue weighted by atomic mass is 19.2. The summed E-state index contributed by atoms with van der Waals surface area (Å²) in [5.41, 5.74) is -0.561. The van der Waals surface area contributed by atoms with Crippen molar-refractivity contribution in [2.75, 3.05) is 19.8 Å². The molecule has 1 fully saturated rings. The molecule has 1 aliphatic rings. The lowest BCUT2D eigenvalue weighted by atomic mass is 9.84. The van der Waals surface area contributed by atoms with Crippen molar-refractivity contribution in [2.24, 2.45) is 0 Å². The van der Waals surface area contributed by atoms with Gasteiger partial charge < -0.3 is 14.6 Å². The molecule has 0 spiro atoms. The van der Waals surface area contributed by atoms with E-state index in [1.54, 1.807) is 0 Å². The Morgan fingerprint density at radius 3 is 2.70 bits per heavy atom. The highest BCUT2D eigenvalue weighted by Crippen LogP contribution is 2.31. The molecule has 1 aliphatic heterocycles. The maximum Gasteiger partial charge on any atom is 0.162 e. The monoisotopic (exact) mass is 286 g/mol. The number of rotatable bonds is 5. The van der Waals surface area contributed by atoms with E-state index in [-0.39, 0.29) is 12.0 Å². The molecule has 3 nitrogen and oxygen atoms in total. The van der Waals surface area contributed by atoms with Gasteiger partial charge in [-0.15, -0.1) is 0 Å². The molecule has 0 saturated carbocycles. The van der Waals surface area contributed by atoms with E-state index in [1.165, 1.54) is 12.1 Å². The number of hydrogen-bond donors (Lipinski definition) is 1. The molecule has 1 saturated heterocycles. The summed E-state index contributed by atoms with van der Waals surface area (Å²) in [5.74, 6) is -1.79. The van der Waals surface area contributed by atoms with Crippen LogP contribution in [0.3, 0.4) is 0 Å². The SMILES string of the molecule is CCOC1(C(O)Cc2cccc(F)c2F)CCOCC1. The van der Waals surface area contributed by atoms with Crippen LogP contribution in [0.25, 0.3) is 0 Å². The van der Waals surface area contributed by atoms with Crippen LogP contribution in [-0.2, 0) is 15.9 Å². The lowest BCUT2D eigenvalue weighted by Gasteiger charge is -2.40. The first-order valence-corrected chi connectivity index (χ1v) is 6.92. The Kier molecular flexibility index (Phi) is 5.07. The van der Waals surface area contributed by atoms with Crippen LogP contribution in [0.1, 0.15) is 25.3 Å². The molecule has 5 heteroatoms. The zero-order valence-electron chi connectivity index (χ0n) is 11.6. The van der Waals surface area contributed by atoms with E-state index in [1.807, 2.05) is 6.92 Å². The van der Waals surface area contributed by atoms with Crippen molar-refractivity contribution in [3.63, 3.8) is 0 Å². The van der Waals surface area contributed by atoms with Gasteiger partial charge in [-0.3, -0.25) is 0 Å². The van der Waals surface area contributed by atoms with E-state index in [0.29, 0.717) is 32.7 Å². The zero-order valence-corrected chi connectivity index (χ0v) is 11.6. The molecule has 0 aliphatic carbocycles. The Labute approximate surface area is 117 Å². The quantitative estimate of drug-likeness (QED) is 0.903. The van der Waals surface area contributed by atoms with Crippen LogP contribution >= 0.6 is 0 Å². The third kappa shape index (κ3) is 3.16. The topological polar surface area (TPSA) is 38.7 Å². The second-order valence-corrected chi connectivity index (χ2v) is 5.04. The normalized spacial score (nSPS) is 19.8. The summed E-state index contributed by atoms with van der Waals surface area (Å²) in [7, 11) is 0. The van der Waals surface area contributed by atoms with Gasteiger partial charge in [-0.25, -0.2) is 8.78 Å². The van der Waals surface area contributed by atoms with Crippen molar-refractivity contribution >= 4 is 0 Å². The first kappa shape index (κ1) is 15.4. The molecule has 0 aromatic heterocycles. The summed E-state index contributed by atoms with van der Waals surface area (Å²) in [5, 5.41) is 10.5. The maximum atomic E-state index is 13.7. The number of hydrogen-bond acceptors (Lipinski definition) is 3. The Balaban J connectivity index is 2.15. The van der Waals surface area contributed by atoms with Crippen LogP contribution < -0.4 is 0 Å². The fourth-order valence-corrected chi connectivity index (χ4v) is 2.68. The van der Waals surface area contributed by atoms with Crippen LogP contribution in [-0.4, -0.2) is 36.6 Å². The van der Waals surface area contributed by atoms with Crippen molar-refractivity contribution in [1.29, 1.82) is 0 Å². The van der Waals surface area contributed by atoms with Crippen LogP contribution in [0.2, 0.25) is 0 Å². The van der Waals surface area contributed by atoms with Crippen molar-refractivity contribution < 1.29 is 23.4 Å². The molecule has 1 aromatic carbocycles. The molecule has 20 heavy (non-hydrogen) atoms. The minimum Gasteiger partial charge on any atom is -0.390 e. The van der Waals surface area contributed by atoms with E-state index in [0.717, 1.165) is 6.07 Å². The second-order valence-electron chi connectivity index (χ2n) is 5.04. The van der Waals surface area contributed by atoms with Gasteiger partial charge in [0.15, 0.2) is 11.6 Å². The van der Waals surface area contributed by atoms with Crippen molar-refractivity contribution in [3.05, 3.63) is 35.4 Å². The summed E-state index contributed by atoms with van der Waals surface area (Å²) in [6.45, 7) is 3.32. The Morgan fingerprint density at radius 2 is 2.05 bits per heavy atom. The molecule has 1 atom stereocenters. The fraction of sp³-hybridized carbons (Fsp3) is 0.600. The first-order valence-electron chi connectivity index (χ1n) is 6.92. The number of aliphatic hydroxyl groups excluding tert-OH is 1. The van der Waals surface area contributed by atoms with Crippen molar-refractivity contribution in [3.8, 4) is 0 Å². The number of halogens is 2. The smallest absolute Gasteiger partial charge is 0.162 e. The highest BCUT2D eigenvalue weighted by Gasteiger charge is 2.40. The largest absolute Gasteiger partial charge is 0.390 e. The standard InChI is InChI=1S/C15H20F2O3/c1-2-20-15(6-8-19-9-7-15)13(18)10-11-4-3-5-12(16)14(11)17/h3-5,13,18H,2,6-10H2,1H3. The summed E-state index contributed by atoms with van der Waals surface area (Å²) in [4.78, 5) is 0. The molecule has 0 amide bonds. The number of aliphatic hydroxyl groups is 1. The summed E-state index contributed by atoms with van der Waals surface area (Å²) in [6, 6.07) is 4.00. The minimum atomic E-state index is -0.898. The molecule has 1 aromatic rings. The lowest BCUT2D eigenvalue weighted by Crippen LogP contribution is -2.50. The summed E-state index contributed by atoms with van der Waals surface area (Å²) < 4.78 is 37.9. The van der Waals surface area contributed by atoms with Crippen LogP contribution in [0.4, 0.5) is 8.78 Å². The van der Waals surface area contributed by atoms with Gasteiger partial charge in [0, 0.05) is 39.1 Å². The van der Waals surface area contributed by atoms with Crippen molar-refractivity contribution in [1.82, 2.24) is 0 Å². The lowest BCUT2D eigenvalue weighted by molar-refractivity contribution is -0.165. The molecular formula is C15H20F2O3. The second kappa shape index (κ2) is 6.61. The molecule has 1 N–H and O–H groups in total. The van der Waals surface area contributed by atoms with E-state index < -0.39 is 23.3 Å². The summed E-state index contributed by atoms with van der Waals surface area (Å²) in [6.07, 6.45) is 0.254. The summed E-state index contributed by atoms with van der Waals surface area (Å²) >= 11 is 0. The van der Waals surface area contributed by atoms with Gasteiger partial charge in [-0.2, -0.15) is 0 Å². The van der Waals surface area contributed by atoms with Crippen LogP contribution in [0.5, 0.6) is 0 Å². The molecule has 2 rings (SSSR count). The molecule has 0 bridgehead atoms. The van der Waals surface area contributed by atoms with E-state index >= 15 is 0 Å². The van der Waals surface area contributed by atoms with Gasteiger partial charge in [0.05, 0.1) is 11.7 Å². The Hall–Kier alpha value is -1.04. The van der Waals surface area contributed by atoms with Gasteiger partial charge in [0.2, 0.25) is 0 Å². The average molecular weight is 286 g/mol. The van der Waals surface area contributed by atoms with Gasteiger partial charge in [0.1, 0.15) is 0 Å². The van der Waals surface area contributed by atoms with Crippen molar-refractivity contribution in [2.45, 2.75) is 37.9 Å². The van der Waals surface area contributed by atoms with E-state index in [2.05, 4.69) is 0 Å². The van der Waals surface area contributed by atoms with Crippen LogP contribution in [0, 0.1) is 11.6 Å². The molecule has 112 valence electrons. The van der Waals surface area contributed by atoms with Gasteiger partial charge in [-0.1, -0.05) is 12.1 Å². The average Bonchev–Trinajstić information content (AvgIpc) is 2.45. The van der Waals surface area contributed by atoms with Gasteiger partial charge in [-0.05, 0) is 18.6 Å². The van der Waals surface area contributed by atoms with Gasteiger partial charge >= 0.3 is 0 Å². The highest BCUT2D eigenvalue weighted by molar-refractivity contribution is 5.20. The zero-order chi connectivity index (χ0) is 14.6. The third-order valence-corrected chi connectivity index (χ3v) is 3.82. The minimum absolute atomic E-state index is 0.0313. The molecule has 1 unspecified atom stereocenters. The predicted octanol–water partition coefficient (Wildman–Crippen LogP) is 2.45. The number of benzene rings is 1. The Morgan fingerprint density at radius 1 is 1.35 bits per heavy atom. The fourth-order valence-electron chi connectivity index (χ4n) is 2.68. The third-order valence-electron chi connectivity index (χ3n) is 3.82.